The average molecular weight is 422 g/mol. The summed E-state index contributed by atoms with van der Waals surface area (Å²) in [5.41, 5.74) is 0.732. The molecule has 8 heteroatoms. The molecule has 1 heterocycles. The molecule has 0 aliphatic rings. The van der Waals surface area contributed by atoms with E-state index in [4.69, 9.17) is 20.6 Å². The molecule has 0 aliphatic carbocycles. The van der Waals surface area contributed by atoms with Crippen LogP contribution in [0.25, 0.3) is 10.9 Å². The van der Waals surface area contributed by atoms with Gasteiger partial charge in [-0.2, -0.15) is 0 Å². The predicted octanol–water partition coefficient (Wildman–Crippen LogP) is 4.30. The smallest absolute Gasteiger partial charge is 0.370 e. The van der Waals surface area contributed by atoms with Crippen molar-refractivity contribution in [2.24, 2.45) is 0 Å². The lowest BCUT2D eigenvalue weighted by atomic mass is 10.1. The Bertz CT molecular complexity index is 1080. The number of aromatic nitrogens is 1. The number of benzene rings is 2. The van der Waals surface area contributed by atoms with Gasteiger partial charge in [0.1, 0.15) is 5.75 Å². The molecule has 0 spiro atoms. The van der Waals surface area contributed by atoms with E-state index in [1.165, 1.54) is 4.57 Å². The Morgan fingerprint density at radius 2 is 1.64 bits per heavy atom. The molecule has 28 heavy (non-hydrogen) atoms. The first-order valence-corrected chi connectivity index (χ1v) is 10.8. The second kappa shape index (κ2) is 8.50. The molecule has 0 saturated heterocycles. The molecule has 1 N–H and O–H groups in total. The maximum absolute atomic E-state index is 13.3. The van der Waals surface area contributed by atoms with E-state index in [0.717, 1.165) is 5.56 Å². The zero-order valence-electron chi connectivity index (χ0n) is 15.6. The van der Waals surface area contributed by atoms with Crippen molar-refractivity contribution in [3.8, 4) is 5.75 Å². The molecule has 0 saturated carbocycles. The van der Waals surface area contributed by atoms with E-state index >= 15 is 0 Å². The summed E-state index contributed by atoms with van der Waals surface area (Å²) in [5, 5.41) is 11.4. The zero-order valence-corrected chi connectivity index (χ0v) is 17.2. The van der Waals surface area contributed by atoms with Gasteiger partial charge in [0.05, 0.1) is 25.3 Å². The average Bonchev–Trinajstić information content (AvgIpc) is 2.67. The molecule has 0 bridgehead atoms. The minimum Gasteiger partial charge on any atom is -0.506 e. The lowest BCUT2D eigenvalue weighted by molar-refractivity contribution is 0.229. The normalized spacial score (nSPS) is 11.8. The standard InChI is InChI=1S/C20H21ClNO5P/c1-3-26-28(25,27-4-2)19-18(23)16-7-5-6-8-17(16)22(20(19)24)13-14-9-11-15(21)12-10-14/h5-12,23H,3-4,13H2,1-2H3. The highest BCUT2D eigenvalue weighted by atomic mass is 35.5. The van der Waals surface area contributed by atoms with E-state index < -0.39 is 13.2 Å². The fraction of sp³-hybridized carbons (Fsp3) is 0.250. The summed E-state index contributed by atoms with van der Waals surface area (Å²) in [7, 11) is -4.00. The lowest BCUT2D eigenvalue weighted by Gasteiger charge is -2.21. The van der Waals surface area contributed by atoms with Gasteiger partial charge in [0.15, 0.2) is 5.30 Å². The summed E-state index contributed by atoms with van der Waals surface area (Å²) < 4.78 is 25.4. The number of para-hydroxylation sites is 1. The van der Waals surface area contributed by atoms with Gasteiger partial charge in [-0.3, -0.25) is 9.36 Å². The molecule has 0 fully saturated rings. The van der Waals surface area contributed by atoms with E-state index in [1.807, 2.05) is 0 Å². The summed E-state index contributed by atoms with van der Waals surface area (Å²) in [4.78, 5) is 13.3. The van der Waals surface area contributed by atoms with Crippen LogP contribution in [-0.2, 0) is 20.2 Å². The van der Waals surface area contributed by atoms with Crippen LogP contribution in [0.3, 0.4) is 0 Å². The number of fused-ring (bicyclic) bond motifs is 1. The van der Waals surface area contributed by atoms with Gasteiger partial charge in [-0.25, -0.2) is 0 Å². The van der Waals surface area contributed by atoms with Gasteiger partial charge in [-0.1, -0.05) is 35.9 Å². The molecular formula is C20H21ClNO5P. The van der Waals surface area contributed by atoms with Crippen LogP contribution in [0.4, 0.5) is 0 Å². The van der Waals surface area contributed by atoms with E-state index in [9.17, 15) is 14.5 Å². The molecule has 3 rings (SSSR count). The Hall–Kier alpha value is -2.11. The molecule has 0 atom stereocenters. The third-order valence-electron chi connectivity index (χ3n) is 4.25. The molecular weight excluding hydrogens is 401 g/mol. The van der Waals surface area contributed by atoms with E-state index in [-0.39, 0.29) is 30.8 Å². The first-order chi connectivity index (χ1) is 13.4. The summed E-state index contributed by atoms with van der Waals surface area (Å²) in [6.07, 6.45) is 0. The molecule has 6 nitrogen and oxygen atoms in total. The maximum Gasteiger partial charge on any atom is 0.370 e. The van der Waals surface area contributed by atoms with Gasteiger partial charge < -0.3 is 18.7 Å². The first-order valence-electron chi connectivity index (χ1n) is 8.90. The van der Waals surface area contributed by atoms with Crippen LogP contribution in [0.2, 0.25) is 5.02 Å². The van der Waals surface area contributed by atoms with Crippen LogP contribution >= 0.6 is 19.2 Å². The van der Waals surface area contributed by atoms with Gasteiger partial charge in [0.2, 0.25) is 0 Å². The number of aromatic hydroxyl groups is 1. The van der Waals surface area contributed by atoms with Gasteiger partial charge in [0, 0.05) is 10.4 Å². The van der Waals surface area contributed by atoms with Crippen molar-refractivity contribution in [2.75, 3.05) is 13.2 Å². The van der Waals surface area contributed by atoms with Crippen LogP contribution in [0.5, 0.6) is 5.75 Å². The van der Waals surface area contributed by atoms with E-state index in [2.05, 4.69) is 0 Å². The highest BCUT2D eigenvalue weighted by molar-refractivity contribution is 7.62. The zero-order chi connectivity index (χ0) is 20.3. The molecule has 0 amide bonds. The Balaban J connectivity index is 2.30. The van der Waals surface area contributed by atoms with Crippen LogP contribution in [0.1, 0.15) is 19.4 Å². The number of hydrogen-bond acceptors (Lipinski definition) is 5. The van der Waals surface area contributed by atoms with E-state index in [1.54, 1.807) is 62.4 Å². The van der Waals surface area contributed by atoms with Crippen molar-refractivity contribution < 1.29 is 18.7 Å². The second-order valence-electron chi connectivity index (χ2n) is 6.07. The van der Waals surface area contributed by atoms with Crippen LogP contribution in [0.15, 0.2) is 53.3 Å². The molecule has 1 aromatic heterocycles. The Kier molecular flexibility index (Phi) is 6.26. The number of hydrogen-bond donors (Lipinski definition) is 1. The summed E-state index contributed by atoms with van der Waals surface area (Å²) in [6.45, 7) is 3.65. The van der Waals surface area contributed by atoms with Crippen molar-refractivity contribution in [2.45, 2.75) is 20.4 Å². The molecule has 2 aromatic carbocycles. The highest BCUT2D eigenvalue weighted by Gasteiger charge is 2.36. The lowest BCUT2D eigenvalue weighted by Crippen LogP contribution is -2.36. The molecule has 3 aromatic rings. The fourth-order valence-corrected chi connectivity index (χ4v) is 4.93. The van der Waals surface area contributed by atoms with Gasteiger partial charge in [0.25, 0.3) is 5.56 Å². The number of halogens is 1. The second-order valence-corrected chi connectivity index (χ2v) is 8.46. The SMILES string of the molecule is CCOP(=O)(OCC)c1c(O)c2ccccc2n(Cc2ccc(Cl)cc2)c1=O. The number of pyridine rings is 1. The summed E-state index contributed by atoms with van der Waals surface area (Å²) in [5.74, 6) is -0.377. The largest absolute Gasteiger partial charge is 0.506 e. The van der Waals surface area contributed by atoms with Crippen LogP contribution < -0.4 is 10.9 Å². The minimum absolute atomic E-state index is 0.0696. The monoisotopic (exact) mass is 421 g/mol. The highest BCUT2D eigenvalue weighted by Crippen LogP contribution is 2.49. The van der Waals surface area contributed by atoms with Crippen molar-refractivity contribution in [3.05, 3.63) is 69.5 Å². The number of nitrogens with zero attached hydrogens (tertiary/aromatic N) is 1. The number of rotatable bonds is 7. The van der Waals surface area contributed by atoms with Crippen LogP contribution in [-0.4, -0.2) is 22.9 Å². The van der Waals surface area contributed by atoms with Gasteiger partial charge in [-0.05, 0) is 43.7 Å². The van der Waals surface area contributed by atoms with Crippen molar-refractivity contribution in [1.82, 2.24) is 4.57 Å². The fourth-order valence-electron chi connectivity index (χ4n) is 3.06. The van der Waals surface area contributed by atoms with Gasteiger partial charge in [-0.15, -0.1) is 0 Å². The van der Waals surface area contributed by atoms with Gasteiger partial charge >= 0.3 is 7.60 Å². The Morgan fingerprint density at radius 3 is 2.25 bits per heavy atom. The maximum atomic E-state index is 13.3. The predicted molar refractivity (Wildman–Crippen MR) is 111 cm³/mol. The molecule has 0 unspecified atom stereocenters. The summed E-state index contributed by atoms with van der Waals surface area (Å²) >= 11 is 5.94. The van der Waals surface area contributed by atoms with Crippen molar-refractivity contribution in [1.29, 1.82) is 0 Å². The molecule has 0 aliphatic heterocycles. The molecule has 0 radical (unpaired) electrons. The van der Waals surface area contributed by atoms with Crippen molar-refractivity contribution in [3.63, 3.8) is 0 Å². The topological polar surface area (TPSA) is 77.8 Å². The Labute approximate surface area is 167 Å². The third-order valence-corrected chi connectivity index (χ3v) is 6.65. The van der Waals surface area contributed by atoms with E-state index in [0.29, 0.717) is 15.9 Å². The van der Waals surface area contributed by atoms with Crippen molar-refractivity contribution >= 4 is 35.4 Å². The first kappa shape index (κ1) is 20.6. The summed E-state index contributed by atoms with van der Waals surface area (Å²) in [6, 6.07) is 14.0. The third kappa shape index (κ3) is 3.87. The Morgan fingerprint density at radius 1 is 1.04 bits per heavy atom. The quantitative estimate of drug-likeness (QED) is 0.575. The van der Waals surface area contributed by atoms with Crippen LogP contribution in [0, 0.1) is 0 Å². The molecule has 148 valence electrons. The minimum atomic E-state index is -4.00.